The number of nitrogens with zero attached hydrogens (tertiary/aromatic N) is 2. The number of aryl methyl sites for hydroxylation is 2. The van der Waals surface area contributed by atoms with E-state index in [1.54, 1.807) is 11.0 Å². The van der Waals surface area contributed by atoms with Gasteiger partial charge in [-0.3, -0.25) is 13.9 Å². The number of amides is 2. The van der Waals surface area contributed by atoms with Crippen LogP contribution in [0.15, 0.2) is 78.9 Å². The normalized spacial score (nSPS) is 12.4. The van der Waals surface area contributed by atoms with Crippen molar-refractivity contribution in [2.24, 2.45) is 0 Å². The average molecular weight is 578 g/mol. The summed E-state index contributed by atoms with van der Waals surface area (Å²) in [5.74, 6) is -0.422. The Morgan fingerprint density at radius 3 is 2.05 bits per heavy atom. The Morgan fingerprint density at radius 1 is 0.854 bits per heavy atom. The molecule has 0 aliphatic heterocycles. The lowest BCUT2D eigenvalue weighted by molar-refractivity contribution is -0.142. The van der Waals surface area contributed by atoms with Crippen molar-refractivity contribution in [2.75, 3.05) is 17.1 Å². The van der Waals surface area contributed by atoms with Crippen LogP contribution in [-0.4, -0.2) is 49.5 Å². The minimum atomic E-state index is -3.55. The average Bonchev–Trinajstić information content (AvgIpc) is 2.87. The summed E-state index contributed by atoms with van der Waals surface area (Å²) in [4.78, 5) is 29.3. The molecule has 41 heavy (non-hydrogen) atoms. The molecule has 0 saturated carbocycles. The molecule has 3 rings (SSSR count). The number of anilines is 1. The first-order valence-electron chi connectivity index (χ1n) is 14.0. The largest absolute Gasteiger partial charge is 0.350 e. The Hall–Kier alpha value is -3.65. The van der Waals surface area contributed by atoms with E-state index in [9.17, 15) is 18.0 Å². The summed E-state index contributed by atoms with van der Waals surface area (Å²) in [7, 11) is -3.55. The van der Waals surface area contributed by atoms with E-state index in [0.29, 0.717) is 18.5 Å². The van der Waals surface area contributed by atoms with Gasteiger partial charge in [0.15, 0.2) is 0 Å². The van der Waals surface area contributed by atoms with Gasteiger partial charge in [-0.1, -0.05) is 72.3 Å². The van der Waals surface area contributed by atoms with Crippen molar-refractivity contribution in [1.29, 1.82) is 0 Å². The van der Waals surface area contributed by atoms with E-state index >= 15 is 0 Å². The zero-order valence-electron chi connectivity index (χ0n) is 25.1. The standard InChI is InChI=1S/C33H43N3O4S/c1-25-13-10-17-28(21-25)24-35(30(32(38)34-33(3,4)5)23-27-15-8-7-9-16-27)31(37)19-12-20-36(41(6,39)40)29-18-11-14-26(2)22-29/h7-11,13-18,21-22,30H,12,19-20,23-24H2,1-6H3,(H,34,38)/t30-/m1/s1. The highest BCUT2D eigenvalue weighted by Gasteiger charge is 2.32. The van der Waals surface area contributed by atoms with Crippen LogP contribution in [0.1, 0.15) is 55.9 Å². The fraction of sp³-hybridized carbons (Fsp3) is 0.394. The predicted octanol–water partition coefficient (Wildman–Crippen LogP) is 5.40. The molecule has 2 amide bonds. The Bertz CT molecular complexity index is 1430. The Kier molecular flexibility index (Phi) is 10.7. The van der Waals surface area contributed by atoms with Crippen LogP contribution < -0.4 is 9.62 Å². The number of hydrogen-bond acceptors (Lipinski definition) is 4. The van der Waals surface area contributed by atoms with E-state index in [4.69, 9.17) is 0 Å². The number of rotatable bonds is 12. The van der Waals surface area contributed by atoms with E-state index in [2.05, 4.69) is 5.32 Å². The third-order valence-corrected chi connectivity index (χ3v) is 7.84. The van der Waals surface area contributed by atoms with Crippen LogP contribution in [0.2, 0.25) is 0 Å². The fourth-order valence-electron chi connectivity index (χ4n) is 4.80. The second kappa shape index (κ2) is 13.8. The second-order valence-electron chi connectivity index (χ2n) is 11.7. The monoisotopic (exact) mass is 577 g/mol. The summed E-state index contributed by atoms with van der Waals surface area (Å²) in [6.07, 6.45) is 1.94. The first-order valence-corrected chi connectivity index (χ1v) is 15.8. The highest BCUT2D eigenvalue weighted by molar-refractivity contribution is 7.92. The van der Waals surface area contributed by atoms with Crippen LogP contribution in [0.5, 0.6) is 0 Å². The number of hydrogen-bond donors (Lipinski definition) is 1. The van der Waals surface area contributed by atoms with E-state index in [1.807, 2.05) is 107 Å². The van der Waals surface area contributed by atoms with E-state index < -0.39 is 21.6 Å². The maximum atomic E-state index is 13.9. The van der Waals surface area contributed by atoms with Gasteiger partial charge in [-0.15, -0.1) is 0 Å². The molecule has 0 aliphatic rings. The Morgan fingerprint density at radius 2 is 1.46 bits per heavy atom. The lowest BCUT2D eigenvalue weighted by atomic mass is 10.00. The van der Waals surface area contributed by atoms with Crippen molar-refractivity contribution in [1.82, 2.24) is 10.2 Å². The fourth-order valence-corrected chi connectivity index (χ4v) is 5.76. The van der Waals surface area contributed by atoms with Crippen LogP contribution >= 0.6 is 0 Å². The maximum Gasteiger partial charge on any atom is 0.243 e. The van der Waals surface area contributed by atoms with Gasteiger partial charge in [0.05, 0.1) is 11.9 Å². The van der Waals surface area contributed by atoms with Gasteiger partial charge < -0.3 is 10.2 Å². The van der Waals surface area contributed by atoms with E-state index in [0.717, 1.165) is 22.3 Å². The molecule has 0 heterocycles. The van der Waals surface area contributed by atoms with Gasteiger partial charge in [0, 0.05) is 31.5 Å². The summed E-state index contributed by atoms with van der Waals surface area (Å²) < 4.78 is 26.6. The van der Waals surface area contributed by atoms with Crippen molar-refractivity contribution in [3.05, 3.63) is 101 Å². The minimum absolute atomic E-state index is 0.0950. The van der Waals surface area contributed by atoms with Crippen molar-refractivity contribution >= 4 is 27.5 Å². The highest BCUT2D eigenvalue weighted by Crippen LogP contribution is 2.21. The lowest BCUT2D eigenvalue weighted by Gasteiger charge is -2.34. The number of carbonyl (C=O) groups is 2. The number of nitrogens with one attached hydrogen (secondary N) is 1. The van der Waals surface area contributed by atoms with Crippen LogP contribution in [0.25, 0.3) is 0 Å². The molecule has 0 saturated heterocycles. The number of carbonyl (C=O) groups excluding carboxylic acids is 2. The van der Waals surface area contributed by atoms with Gasteiger partial charge in [-0.2, -0.15) is 0 Å². The molecule has 0 spiro atoms. The molecule has 3 aromatic rings. The zero-order valence-corrected chi connectivity index (χ0v) is 25.9. The summed E-state index contributed by atoms with van der Waals surface area (Å²) >= 11 is 0. The van der Waals surface area contributed by atoms with Gasteiger partial charge in [-0.05, 0) is 69.9 Å². The van der Waals surface area contributed by atoms with Crippen molar-refractivity contribution < 1.29 is 18.0 Å². The molecule has 8 heteroatoms. The molecule has 0 fully saturated rings. The smallest absolute Gasteiger partial charge is 0.243 e. The molecular formula is C33H43N3O4S. The zero-order chi connectivity index (χ0) is 30.2. The van der Waals surface area contributed by atoms with Crippen LogP contribution in [0.3, 0.4) is 0 Å². The van der Waals surface area contributed by atoms with Crippen molar-refractivity contribution in [3.8, 4) is 0 Å². The van der Waals surface area contributed by atoms with E-state index in [-0.39, 0.29) is 31.3 Å². The molecule has 3 aromatic carbocycles. The third-order valence-electron chi connectivity index (χ3n) is 6.65. The third kappa shape index (κ3) is 10.0. The van der Waals surface area contributed by atoms with Crippen LogP contribution in [0, 0.1) is 13.8 Å². The Labute approximate surface area is 245 Å². The molecule has 0 radical (unpaired) electrons. The summed E-state index contributed by atoms with van der Waals surface area (Å²) in [5.41, 5.74) is 3.99. The highest BCUT2D eigenvalue weighted by atomic mass is 32.2. The molecule has 1 N–H and O–H groups in total. The second-order valence-corrected chi connectivity index (χ2v) is 13.6. The number of benzene rings is 3. The maximum absolute atomic E-state index is 13.9. The van der Waals surface area contributed by atoms with Gasteiger partial charge in [0.25, 0.3) is 0 Å². The molecule has 7 nitrogen and oxygen atoms in total. The molecule has 1 atom stereocenters. The molecular weight excluding hydrogens is 534 g/mol. The van der Waals surface area contributed by atoms with Gasteiger partial charge in [0.2, 0.25) is 21.8 Å². The predicted molar refractivity (Wildman–Crippen MR) is 166 cm³/mol. The molecule has 0 unspecified atom stereocenters. The van der Waals surface area contributed by atoms with Gasteiger partial charge in [-0.25, -0.2) is 8.42 Å². The van der Waals surface area contributed by atoms with E-state index in [1.165, 1.54) is 10.6 Å². The SMILES string of the molecule is Cc1cccc(CN(C(=O)CCCN(c2cccc(C)c2)S(C)(=O)=O)[C@H](Cc2ccccc2)C(=O)NC(C)(C)C)c1. The molecule has 0 aromatic heterocycles. The summed E-state index contributed by atoms with van der Waals surface area (Å²) in [6, 6.07) is 24.2. The quantitative estimate of drug-likeness (QED) is 0.312. The van der Waals surface area contributed by atoms with Crippen LogP contribution in [-0.2, 0) is 32.6 Å². The van der Waals surface area contributed by atoms with Gasteiger partial charge >= 0.3 is 0 Å². The van der Waals surface area contributed by atoms with Crippen LogP contribution in [0.4, 0.5) is 5.69 Å². The molecule has 0 aliphatic carbocycles. The van der Waals surface area contributed by atoms with Crippen molar-refractivity contribution in [2.45, 2.75) is 72.0 Å². The topological polar surface area (TPSA) is 86.8 Å². The first-order chi connectivity index (χ1) is 19.2. The lowest BCUT2D eigenvalue weighted by Crippen LogP contribution is -2.54. The molecule has 220 valence electrons. The molecule has 0 bridgehead atoms. The van der Waals surface area contributed by atoms with Crippen molar-refractivity contribution in [3.63, 3.8) is 0 Å². The minimum Gasteiger partial charge on any atom is -0.350 e. The number of sulfonamides is 1. The summed E-state index contributed by atoms with van der Waals surface area (Å²) in [5, 5.41) is 3.07. The van der Waals surface area contributed by atoms with Gasteiger partial charge in [0.1, 0.15) is 6.04 Å². The first kappa shape index (κ1) is 31.9. The summed E-state index contributed by atoms with van der Waals surface area (Å²) in [6.45, 7) is 10.1. The Balaban J connectivity index is 1.90.